The van der Waals surface area contributed by atoms with Gasteiger partial charge in [0.05, 0.1) is 6.61 Å². The molecular weight excluding hydrogens is 238 g/mol. The van der Waals surface area contributed by atoms with E-state index in [2.05, 4.69) is 6.92 Å². The molecule has 0 saturated heterocycles. The summed E-state index contributed by atoms with van der Waals surface area (Å²) in [5.74, 6) is 0. The van der Waals surface area contributed by atoms with Gasteiger partial charge in [-0.15, -0.1) is 0 Å². The molecule has 0 heterocycles. The third-order valence-corrected chi connectivity index (χ3v) is 3.61. The van der Waals surface area contributed by atoms with E-state index in [0.717, 1.165) is 17.9 Å². The first-order valence-corrected chi connectivity index (χ1v) is 8.34. The van der Waals surface area contributed by atoms with Crippen LogP contribution in [0.3, 0.4) is 0 Å². The van der Waals surface area contributed by atoms with Crippen molar-refractivity contribution in [2.24, 2.45) is 0 Å². The molecular formula is C16H34NO2-. The maximum Gasteiger partial charge on any atom is 0.0549 e. The monoisotopic (exact) mass is 272 g/mol. The summed E-state index contributed by atoms with van der Waals surface area (Å²) >= 11 is 0. The predicted octanol–water partition coefficient (Wildman–Crippen LogP) is 4.48. The van der Waals surface area contributed by atoms with Gasteiger partial charge in [0.25, 0.3) is 0 Å². The Labute approximate surface area is 120 Å². The summed E-state index contributed by atoms with van der Waals surface area (Å²) in [6.45, 7) is 3.08. The van der Waals surface area contributed by atoms with Crippen LogP contribution < -0.4 is 0 Å². The molecule has 0 rings (SSSR count). The van der Waals surface area contributed by atoms with Crippen LogP contribution in [0.4, 0.5) is 0 Å². The Bertz CT molecular complexity index is 165. The number of aliphatic hydroxyl groups excluding tert-OH is 1. The number of hydrogen-bond donors (Lipinski definition) is 1. The van der Waals surface area contributed by atoms with Crippen LogP contribution in [0.25, 0.3) is 0 Å². The molecule has 0 aromatic heterocycles. The SMILES string of the molecule is CCCCCCCCCCCCCCN([O-])CCO. The highest BCUT2D eigenvalue weighted by molar-refractivity contribution is 4.56. The van der Waals surface area contributed by atoms with E-state index in [-0.39, 0.29) is 13.2 Å². The Kier molecular flexibility index (Phi) is 15.8. The zero-order chi connectivity index (χ0) is 14.2. The fourth-order valence-electron chi connectivity index (χ4n) is 2.35. The van der Waals surface area contributed by atoms with Gasteiger partial charge in [0, 0.05) is 6.54 Å². The summed E-state index contributed by atoms with van der Waals surface area (Å²) in [6, 6.07) is 0. The number of hydroxylamine groups is 2. The third kappa shape index (κ3) is 15.8. The van der Waals surface area contributed by atoms with E-state index < -0.39 is 0 Å². The second-order valence-corrected chi connectivity index (χ2v) is 5.54. The topological polar surface area (TPSA) is 46.5 Å². The molecule has 0 radical (unpaired) electrons. The molecule has 0 unspecified atom stereocenters. The lowest BCUT2D eigenvalue weighted by Crippen LogP contribution is -2.21. The second-order valence-electron chi connectivity index (χ2n) is 5.54. The average Bonchev–Trinajstić information content (AvgIpc) is 2.40. The maximum atomic E-state index is 11.1. The molecule has 0 saturated carbocycles. The number of rotatable bonds is 15. The lowest BCUT2D eigenvalue weighted by molar-refractivity contribution is 0.234. The predicted molar refractivity (Wildman–Crippen MR) is 83.1 cm³/mol. The lowest BCUT2D eigenvalue weighted by atomic mass is 10.1. The van der Waals surface area contributed by atoms with Crippen LogP contribution in [0.1, 0.15) is 84.0 Å². The first kappa shape index (κ1) is 18.9. The van der Waals surface area contributed by atoms with Crippen molar-refractivity contribution < 1.29 is 5.11 Å². The molecule has 0 aliphatic heterocycles. The van der Waals surface area contributed by atoms with E-state index in [1.165, 1.54) is 64.2 Å². The third-order valence-electron chi connectivity index (χ3n) is 3.61. The van der Waals surface area contributed by atoms with Crippen molar-refractivity contribution in [3.05, 3.63) is 5.21 Å². The van der Waals surface area contributed by atoms with Gasteiger partial charge in [-0.3, -0.25) is 0 Å². The molecule has 0 aromatic rings. The first-order valence-electron chi connectivity index (χ1n) is 8.34. The van der Waals surface area contributed by atoms with E-state index in [4.69, 9.17) is 5.11 Å². The zero-order valence-corrected chi connectivity index (χ0v) is 12.9. The Balaban J connectivity index is 2.99. The van der Waals surface area contributed by atoms with Gasteiger partial charge >= 0.3 is 0 Å². The van der Waals surface area contributed by atoms with Crippen molar-refractivity contribution in [1.29, 1.82) is 0 Å². The number of hydrogen-bond acceptors (Lipinski definition) is 3. The lowest BCUT2D eigenvalue weighted by Gasteiger charge is -2.26. The fourth-order valence-corrected chi connectivity index (χ4v) is 2.35. The van der Waals surface area contributed by atoms with Crippen LogP contribution in [0.15, 0.2) is 0 Å². The quantitative estimate of drug-likeness (QED) is 0.353. The summed E-state index contributed by atoms with van der Waals surface area (Å²) in [6.07, 6.45) is 15.8. The van der Waals surface area contributed by atoms with Gasteiger partial charge in [0.15, 0.2) is 0 Å². The van der Waals surface area contributed by atoms with Crippen molar-refractivity contribution in [3.63, 3.8) is 0 Å². The van der Waals surface area contributed by atoms with Crippen LogP contribution in [0, 0.1) is 5.21 Å². The van der Waals surface area contributed by atoms with E-state index in [9.17, 15) is 5.21 Å². The van der Waals surface area contributed by atoms with E-state index in [1.54, 1.807) is 0 Å². The molecule has 116 valence electrons. The normalized spacial score (nSPS) is 11.4. The maximum absolute atomic E-state index is 11.1. The van der Waals surface area contributed by atoms with Crippen molar-refractivity contribution in [1.82, 2.24) is 5.06 Å². The Hall–Kier alpha value is -0.120. The summed E-state index contributed by atoms with van der Waals surface area (Å²) < 4.78 is 0. The second kappa shape index (κ2) is 15.9. The highest BCUT2D eigenvalue weighted by Gasteiger charge is 1.94. The molecule has 0 bridgehead atoms. The zero-order valence-electron chi connectivity index (χ0n) is 12.9. The highest BCUT2D eigenvalue weighted by atomic mass is 16.5. The molecule has 0 spiro atoms. The van der Waals surface area contributed by atoms with E-state index in [1.807, 2.05) is 0 Å². The molecule has 3 heteroatoms. The summed E-state index contributed by atoms with van der Waals surface area (Å²) in [7, 11) is 0. The van der Waals surface area contributed by atoms with Gasteiger partial charge in [0.1, 0.15) is 0 Å². The van der Waals surface area contributed by atoms with Crippen molar-refractivity contribution in [3.8, 4) is 0 Å². The molecule has 0 atom stereocenters. The largest absolute Gasteiger partial charge is 0.785 e. The summed E-state index contributed by atoms with van der Waals surface area (Å²) in [5.41, 5.74) is 0. The van der Waals surface area contributed by atoms with Crippen LogP contribution in [0.5, 0.6) is 0 Å². The Morgan fingerprint density at radius 3 is 1.53 bits per heavy atom. The minimum Gasteiger partial charge on any atom is -0.785 e. The van der Waals surface area contributed by atoms with Crippen LogP contribution in [0.2, 0.25) is 0 Å². The van der Waals surface area contributed by atoms with Crippen molar-refractivity contribution >= 4 is 0 Å². The minimum absolute atomic E-state index is 0.0260. The molecule has 19 heavy (non-hydrogen) atoms. The van der Waals surface area contributed by atoms with Gasteiger partial charge in [-0.1, -0.05) is 77.6 Å². The van der Waals surface area contributed by atoms with Crippen molar-refractivity contribution in [2.45, 2.75) is 84.0 Å². The molecule has 3 nitrogen and oxygen atoms in total. The Morgan fingerprint density at radius 1 is 0.684 bits per heavy atom. The molecule has 0 aliphatic rings. The number of unbranched alkanes of at least 4 members (excludes halogenated alkanes) is 11. The molecule has 0 aliphatic carbocycles. The molecule has 0 aromatic carbocycles. The van der Waals surface area contributed by atoms with Gasteiger partial charge in [-0.2, -0.15) is 0 Å². The smallest absolute Gasteiger partial charge is 0.0549 e. The number of aliphatic hydroxyl groups is 1. The minimum atomic E-state index is -0.0260. The van der Waals surface area contributed by atoms with Gasteiger partial charge in [0.2, 0.25) is 0 Å². The fraction of sp³-hybridized carbons (Fsp3) is 1.00. The van der Waals surface area contributed by atoms with E-state index in [0.29, 0.717) is 6.54 Å². The molecule has 0 amide bonds. The van der Waals surface area contributed by atoms with Gasteiger partial charge in [-0.25, -0.2) is 0 Å². The Morgan fingerprint density at radius 2 is 1.11 bits per heavy atom. The first-order chi connectivity index (χ1) is 9.31. The number of nitrogens with zero attached hydrogens (tertiary/aromatic N) is 1. The van der Waals surface area contributed by atoms with Crippen LogP contribution in [-0.2, 0) is 0 Å². The molecule has 0 fully saturated rings. The molecule has 1 N–H and O–H groups in total. The van der Waals surface area contributed by atoms with Gasteiger partial charge in [-0.05, 0) is 13.0 Å². The summed E-state index contributed by atoms with van der Waals surface area (Å²) in [5, 5.41) is 20.6. The standard InChI is InChI=1S/C16H34NO2/c1-2-3-4-5-6-7-8-9-10-11-12-13-14-17(19)15-16-18/h18H,2-16H2,1H3/q-1. The van der Waals surface area contributed by atoms with Crippen LogP contribution >= 0.6 is 0 Å². The van der Waals surface area contributed by atoms with Crippen molar-refractivity contribution in [2.75, 3.05) is 19.7 Å². The van der Waals surface area contributed by atoms with E-state index >= 15 is 0 Å². The van der Waals surface area contributed by atoms with Crippen LogP contribution in [-0.4, -0.2) is 29.9 Å². The summed E-state index contributed by atoms with van der Waals surface area (Å²) in [4.78, 5) is 0. The highest BCUT2D eigenvalue weighted by Crippen LogP contribution is 2.11. The van der Waals surface area contributed by atoms with Gasteiger partial charge < -0.3 is 15.4 Å². The average molecular weight is 272 g/mol.